The molecule has 0 saturated heterocycles. The molecule has 0 amide bonds. The highest BCUT2D eigenvalue weighted by Gasteiger charge is 2.07. The maximum absolute atomic E-state index is 12.2. The molecule has 0 saturated carbocycles. The Kier molecular flexibility index (Phi) is 4.01. The first-order chi connectivity index (χ1) is 10.5. The fourth-order valence-corrected chi connectivity index (χ4v) is 2.79. The monoisotopic (exact) mass is 312 g/mol. The van der Waals surface area contributed by atoms with Crippen LogP contribution in [0.5, 0.6) is 0 Å². The summed E-state index contributed by atoms with van der Waals surface area (Å²) in [5, 5.41) is 1.98. The van der Waals surface area contributed by atoms with Crippen molar-refractivity contribution in [3.63, 3.8) is 0 Å². The number of benzene rings is 2. The molecule has 0 aliphatic carbocycles. The largest absolute Gasteiger partial charge is 0.321 e. The number of H-pyrrole nitrogens is 1. The number of pyridine rings is 1. The average molecular weight is 313 g/mol. The molecule has 0 radical (unpaired) electrons. The van der Waals surface area contributed by atoms with Crippen LogP contribution in [-0.2, 0) is 6.54 Å². The van der Waals surface area contributed by atoms with Crippen molar-refractivity contribution in [3.05, 3.63) is 69.5 Å². The first-order valence-electron chi connectivity index (χ1n) is 7.10. The maximum atomic E-state index is 12.2. The summed E-state index contributed by atoms with van der Waals surface area (Å²) in [7, 11) is 4.08. The zero-order valence-corrected chi connectivity index (χ0v) is 13.3. The molecule has 0 fully saturated rings. The molecule has 0 bridgehead atoms. The summed E-state index contributed by atoms with van der Waals surface area (Å²) in [5.41, 5.74) is 2.87. The number of aromatic nitrogens is 1. The first-order valence-corrected chi connectivity index (χ1v) is 7.48. The Morgan fingerprint density at radius 3 is 2.45 bits per heavy atom. The molecule has 1 heterocycles. The Hall–Kier alpha value is -2.10. The molecule has 4 heteroatoms. The van der Waals surface area contributed by atoms with Gasteiger partial charge in [-0.25, -0.2) is 0 Å². The topological polar surface area (TPSA) is 36.1 Å². The van der Waals surface area contributed by atoms with Crippen LogP contribution in [0.4, 0.5) is 0 Å². The third-order valence-corrected chi connectivity index (χ3v) is 3.93. The van der Waals surface area contributed by atoms with Crippen LogP contribution in [0.15, 0.2) is 53.3 Å². The van der Waals surface area contributed by atoms with Gasteiger partial charge in [-0.15, -0.1) is 0 Å². The number of nitrogens with zero attached hydrogens (tertiary/aromatic N) is 1. The summed E-state index contributed by atoms with van der Waals surface area (Å²) in [6, 6.07) is 15.5. The van der Waals surface area contributed by atoms with Crippen LogP contribution in [0, 0.1) is 0 Å². The molecule has 1 N–H and O–H groups in total. The van der Waals surface area contributed by atoms with Gasteiger partial charge in [-0.05, 0) is 43.4 Å². The van der Waals surface area contributed by atoms with Gasteiger partial charge in [-0.2, -0.15) is 0 Å². The molecule has 0 aliphatic rings. The van der Waals surface area contributed by atoms with E-state index < -0.39 is 0 Å². The van der Waals surface area contributed by atoms with Gasteiger partial charge in [-0.3, -0.25) is 4.79 Å². The van der Waals surface area contributed by atoms with E-state index in [0.717, 1.165) is 23.2 Å². The molecule has 0 unspecified atom stereocenters. The van der Waals surface area contributed by atoms with E-state index in [2.05, 4.69) is 22.0 Å². The van der Waals surface area contributed by atoms with Gasteiger partial charge in [0, 0.05) is 28.0 Å². The van der Waals surface area contributed by atoms with Gasteiger partial charge in [-0.1, -0.05) is 41.9 Å². The van der Waals surface area contributed by atoms with Crippen LogP contribution in [0.3, 0.4) is 0 Å². The number of rotatable bonds is 3. The number of fused-ring (bicyclic) bond motifs is 1. The van der Waals surface area contributed by atoms with E-state index in [4.69, 9.17) is 11.6 Å². The van der Waals surface area contributed by atoms with Crippen LogP contribution < -0.4 is 5.56 Å². The van der Waals surface area contributed by atoms with Crippen molar-refractivity contribution in [1.29, 1.82) is 0 Å². The smallest absolute Gasteiger partial charge is 0.256 e. The Bertz CT molecular complexity index is 866. The Morgan fingerprint density at radius 2 is 1.77 bits per heavy atom. The van der Waals surface area contributed by atoms with Gasteiger partial charge in [0.15, 0.2) is 0 Å². The molecular weight excluding hydrogens is 296 g/mol. The highest BCUT2D eigenvalue weighted by Crippen LogP contribution is 2.25. The van der Waals surface area contributed by atoms with E-state index in [1.165, 1.54) is 5.56 Å². The molecule has 112 valence electrons. The quantitative estimate of drug-likeness (QED) is 0.796. The zero-order chi connectivity index (χ0) is 15.7. The van der Waals surface area contributed by atoms with Crippen molar-refractivity contribution in [2.24, 2.45) is 0 Å². The van der Waals surface area contributed by atoms with Crippen LogP contribution in [0.1, 0.15) is 5.56 Å². The fraction of sp³-hybridized carbons (Fsp3) is 0.167. The van der Waals surface area contributed by atoms with Crippen LogP contribution in [-0.4, -0.2) is 24.0 Å². The van der Waals surface area contributed by atoms with Crippen LogP contribution in [0.25, 0.3) is 22.0 Å². The molecule has 2 aromatic carbocycles. The summed E-state index contributed by atoms with van der Waals surface area (Å²) >= 11 is 6.21. The van der Waals surface area contributed by atoms with Gasteiger partial charge in [0.1, 0.15) is 0 Å². The zero-order valence-electron chi connectivity index (χ0n) is 12.6. The lowest BCUT2D eigenvalue weighted by Gasteiger charge is -2.10. The van der Waals surface area contributed by atoms with Crippen molar-refractivity contribution in [1.82, 2.24) is 9.88 Å². The minimum absolute atomic E-state index is 0.118. The molecule has 0 spiro atoms. The normalized spacial score (nSPS) is 11.3. The van der Waals surface area contributed by atoms with Crippen LogP contribution >= 0.6 is 11.6 Å². The van der Waals surface area contributed by atoms with E-state index in [0.29, 0.717) is 10.4 Å². The molecule has 3 aromatic rings. The number of hydrogen-bond donors (Lipinski definition) is 1. The second kappa shape index (κ2) is 5.95. The van der Waals surface area contributed by atoms with Crippen molar-refractivity contribution in [3.8, 4) is 11.3 Å². The summed E-state index contributed by atoms with van der Waals surface area (Å²) in [5.74, 6) is 0. The lowest BCUT2D eigenvalue weighted by molar-refractivity contribution is 0.402. The second-order valence-electron chi connectivity index (χ2n) is 5.65. The molecule has 3 rings (SSSR count). The number of nitrogens with one attached hydrogen (secondary N) is 1. The van der Waals surface area contributed by atoms with Gasteiger partial charge in [0.2, 0.25) is 0 Å². The van der Waals surface area contributed by atoms with E-state index in [-0.39, 0.29) is 5.56 Å². The molecule has 0 aliphatic heterocycles. The average Bonchev–Trinajstić information content (AvgIpc) is 2.48. The lowest BCUT2D eigenvalue weighted by Crippen LogP contribution is -2.10. The number of hydrogen-bond acceptors (Lipinski definition) is 2. The Balaban J connectivity index is 2.07. The van der Waals surface area contributed by atoms with Crippen molar-refractivity contribution < 1.29 is 0 Å². The Morgan fingerprint density at radius 1 is 1.05 bits per heavy atom. The number of halogens is 1. The molecule has 1 aromatic heterocycles. The predicted molar refractivity (Wildman–Crippen MR) is 92.4 cm³/mol. The SMILES string of the molecule is CN(C)Cc1ccc(-c2cc3c(Cl)cccc3c(=O)[nH]2)cc1. The minimum Gasteiger partial charge on any atom is -0.321 e. The lowest BCUT2D eigenvalue weighted by atomic mass is 10.1. The summed E-state index contributed by atoms with van der Waals surface area (Å²) in [6.07, 6.45) is 0. The highest BCUT2D eigenvalue weighted by molar-refractivity contribution is 6.35. The van der Waals surface area contributed by atoms with Gasteiger partial charge in [0.05, 0.1) is 0 Å². The second-order valence-corrected chi connectivity index (χ2v) is 6.06. The third kappa shape index (κ3) is 2.91. The van der Waals surface area contributed by atoms with E-state index >= 15 is 0 Å². The van der Waals surface area contributed by atoms with Gasteiger partial charge < -0.3 is 9.88 Å². The van der Waals surface area contributed by atoms with Crippen LogP contribution in [0.2, 0.25) is 5.02 Å². The van der Waals surface area contributed by atoms with E-state index in [1.54, 1.807) is 18.2 Å². The maximum Gasteiger partial charge on any atom is 0.256 e. The highest BCUT2D eigenvalue weighted by atomic mass is 35.5. The van der Waals surface area contributed by atoms with Crippen molar-refractivity contribution >= 4 is 22.4 Å². The molecule has 22 heavy (non-hydrogen) atoms. The summed E-state index contributed by atoms with van der Waals surface area (Å²) in [4.78, 5) is 17.3. The van der Waals surface area contributed by atoms with Crippen molar-refractivity contribution in [2.45, 2.75) is 6.54 Å². The third-order valence-electron chi connectivity index (χ3n) is 3.60. The summed E-state index contributed by atoms with van der Waals surface area (Å²) in [6.45, 7) is 0.889. The summed E-state index contributed by atoms with van der Waals surface area (Å²) < 4.78 is 0. The number of aromatic amines is 1. The Labute approximate surface area is 134 Å². The standard InChI is InChI=1S/C18H17ClN2O/c1-21(2)11-12-6-8-13(9-7-12)17-10-15-14(18(22)20-17)4-3-5-16(15)19/h3-10H,11H2,1-2H3,(H,20,22). The predicted octanol–water partition coefficient (Wildman–Crippen LogP) is 3.91. The van der Waals surface area contributed by atoms with E-state index in [9.17, 15) is 4.79 Å². The fourth-order valence-electron chi connectivity index (χ4n) is 2.56. The van der Waals surface area contributed by atoms with Gasteiger partial charge >= 0.3 is 0 Å². The minimum atomic E-state index is -0.118. The molecule has 3 nitrogen and oxygen atoms in total. The van der Waals surface area contributed by atoms with Gasteiger partial charge in [0.25, 0.3) is 5.56 Å². The molecule has 0 atom stereocenters. The first kappa shape index (κ1) is 14.8. The van der Waals surface area contributed by atoms with Crippen molar-refractivity contribution in [2.75, 3.05) is 14.1 Å². The molecular formula is C18H17ClN2O. The van der Waals surface area contributed by atoms with E-state index in [1.807, 2.05) is 32.3 Å².